The number of aryl methyl sites for hydroxylation is 2. The van der Waals surface area contributed by atoms with Crippen LogP contribution in [-0.4, -0.2) is 15.6 Å². The maximum atomic E-state index is 12.1. The summed E-state index contributed by atoms with van der Waals surface area (Å²) in [6, 6.07) is 5.43. The van der Waals surface area contributed by atoms with Gasteiger partial charge in [-0.05, 0) is 18.6 Å². The van der Waals surface area contributed by atoms with Gasteiger partial charge >= 0.3 is 0 Å². The minimum atomic E-state index is -0.0956. The van der Waals surface area contributed by atoms with Crippen molar-refractivity contribution in [2.75, 3.05) is 0 Å². The third-order valence-electron chi connectivity index (χ3n) is 2.40. The predicted molar refractivity (Wildman–Crippen MR) is 62.8 cm³/mol. The van der Waals surface area contributed by atoms with E-state index >= 15 is 0 Å². The molecule has 0 fully saturated rings. The van der Waals surface area contributed by atoms with Gasteiger partial charge in [-0.1, -0.05) is 23.7 Å². The smallest absolute Gasteiger partial charge is 0.197 e. The third-order valence-corrected chi connectivity index (χ3v) is 2.91. The van der Waals surface area contributed by atoms with Crippen LogP contribution in [0, 0.1) is 6.92 Å². The largest absolute Gasteiger partial charge is 0.288 e. The number of halogens is 1. The van der Waals surface area contributed by atoms with Crippen molar-refractivity contribution in [2.24, 2.45) is 7.05 Å². The predicted octanol–water partition coefficient (Wildman–Crippen LogP) is 2.61. The summed E-state index contributed by atoms with van der Waals surface area (Å²) in [5, 5.41) is 4.48. The van der Waals surface area contributed by atoms with Gasteiger partial charge < -0.3 is 0 Å². The maximum Gasteiger partial charge on any atom is 0.197 e. The first-order valence-electron chi connectivity index (χ1n) is 4.88. The molecule has 0 unspecified atom stereocenters. The molecule has 0 aliphatic carbocycles. The Hall–Kier alpha value is -1.61. The molecular formula is C12H11ClN2O. The minimum Gasteiger partial charge on any atom is -0.288 e. The van der Waals surface area contributed by atoms with Gasteiger partial charge in [-0.2, -0.15) is 5.10 Å². The molecule has 1 heterocycles. The van der Waals surface area contributed by atoms with Gasteiger partial charge in [-0.3, -0.25) is 9.48 Å². The van der Waals surface area contributed by atoms with Gasteiger partial charge in [0.05, 0.1) is 16.8 Å². The number of carbonyl (C=O) groups excluding carboxylic acids is 1. The Kier molecular flexibility index (Phi) is 2.79. The summed E-state index contributed by atoms with van der Waals surface area (Å²) in [6.45, 7) is 1.88. The van der Waals surface area contributed by atoms with Crippen LogP contribution in [0.3, 0.4) is 0 Å². The minimum absolute atomic E-state index is 0.0956. The van der Waals surface area contributed by atoms with Crippen molar-refractivity contribution in [2.45, 2.75) is 6.92 Å². The molecule has 0 aliphatic heterocycles. The van der Waals surface area contributed by atoms with E-state index < -0.39 is 0 Å². The van der Waals surface area contributed by atoms with Crippen LogP contribution in [0.25, 0.3) is 0 Å². The number of ketones is 1. The summed E-state index contributed by atoms with van der Waals surface area (Å²) < 4.78 is 1.59. The van der Waals surface area contributed by atoms with E-state index in [1.807, 2.05) is 19.1 Å². The van der Waals surface area contributed by atoms with E-state index in [4.69, 9.17) is 11.6 Å². The lowest BCUT2D eigenvalue weighted by molar-refractivity contribution is 0.103. The number of aromatic nitrogens is 2. The normalized spacial score (nSPS) is 10.4. The van der Waals surface area contributed by atoms with Gasteiger partial charge in [-0.25, -0.2) is 0 Å². The number of nitrogens with zero attached hydrogens (tertiary/aromatic N) is 2. The molecule has 0 aliphatic rings. The summed E-state index contributed by atoms with van der Waals surface area (Å²) in [5.74, 6) is -0.0956. The SMILES string of the molecule is Cc1cccc(C(=O)c2cnn(C)c2)c1Cl. The van der Waals surface area contributed by atoms with Gasteiger partial charge in [0.1, 0.15) is 0 Å². The van der Waals surface area contributed by atoms with Crippen molar-refractivity contribution < 1.29 is 4.79 Å². The van der Waals surface area contributed by atoms with Gasteiger partial charge in [0.15, 0.2) is 5.78 Å². The molecule has 0 atom stereocenters. The molecule has 0 bridgehead atoms. The first-order chi connectivity index (χ1) is 7.59. The molecule has 0 saturated heterocycles. The number of benzene rings is 1. The fourth-order valence-corrected chi connectivity index (χ4v) is 1.73. The second-order valence-corrected chi connectivity index (χ2v) is 4.05. The van der Waals surface area contributed by atoms with Crippen molar-refractivity contribution in [3.8, 4) is 0 Å². The quantitative estimate of drug-likeness (QED) is 0.749. The van der Waals surface area contributed by atoms with Crippen molar-refractivity contribution in [3.63, 3.8) is 0 Å². The van der Waals surface area contributed by atoms with Crippen molar-refractivity contribution in [3.05, 3.63) is 52.3 Å². The average molecular weight is 235 g/mol. The lowest BCUT2D eigenvalue weighted by atomic mass is 10.0. The van der Waals surface area contributed by atoms with E-state index in [1.165, 1.54) is 0 Å². The first-order valence-corrected chi connectivity index (χ1v) is 5.26. The third kappa shape index (κ3) is 1.86. The zero-order valence-corrected chi connectivity index (χ0v) is 9.82. The van der Waals surface area contributed by atoms with Crippen LogP contribution >= 0.6 is 11.6 Å². The zero-order chi connectivity index (χ0) is 11.7. The topological polar surface area (TPSA) is 34.9 Å². The van der Waals surface area contributed by atoms with Crippen molar-refractivity contribution in [1.82, 2.24) is 9.78 Å². The zero-order valence-electron chi connectivity index (χ0n) is 9.07. The van der Waals surface area contributed by atoms with Crippen LogP contribution in [0.15, 0.2) is 30.6 Å². The number of rotatable bonds is 2. The molecule has 82 valence electrons. The lowest BCUT2D eigenvalue weighted by Crippen LogP contribution is -2.01. The highest BCUT2D eigenvalue weighted by molar-refractivity contribution is 6.35. The fourth-order valence-electron chi connectivity index (χ4n) is 1.52. The first kappa shape index (κ1) is 10.9. The number of carbonyl (C=O) groups is 1. The molecule has 2 rings (SSSR count). The molecule has 16 heavy (non-hydrogen) atoms. The van der Waals surface area contributed by atoms with Crippen LogP contribution in [0.5, 0.6) is 0 Å². The summed E-state index contributed by atoms with van der Waals surface area (Å²) in [6.07, 6.45) is 3.22. The standard InChI is InChI=1S/C12H11ClN2O/c1-8-4-3-5-10(11(8)13)12(16)9-6-14-15(2)7-9/h3-7H,1-2H3. The Labute approximate surface area is 98.7 Å². The molecular weight excluding hydrogens is 224 g/mol. The van der Waals surface area contributed by atoms with E-state index in [1.54, 1.807) is 30.2 Å². The maximum absolute atomic E-state index is 12.1. The Morgan fingerprint density at radius 2 is 2.19 bits per heavy atom. The number of hydrogen-bond donors (Lipinski definition) is 0. The summed E-state index contributed by atoms with van der Waals surface area (Å²) in [7, 11) is 1.77. The average Bonchev–Trinajstić information content (AvgIpc) is 2.68. The van der Waals surface area contributed by atoms with Crippen LogP contribution in [-0.2, 0) is 7.05 Å². The highest BCUT2D eigenvalue weighted by atomic mass is 35.5. The summed E-state index contributed by atoms with van der Waals surface area (Å²) >= 11 is 6.10. The molecule has 1 aromatic carbocycles. The van der Waals surface area contributed by atoms with Crippen LogP contribution < -0.4 is 0 Å². The number of hydrogen-bond acceptors (Lipinski definition) is 2. The second-order valence-electron chi connectivity index (χ2n) is 3.67. The highest BCUT2D eigenvalue weighted by Crippen LogP contribution is 2.22. The van der Waals surface area contributed by atoms with Crippen LogP contribution in [0.2, 0.25) is 5.02 Å². The highest BCUT2D eigenvalue weighted by Gasteiger charge is 2.14. The molecule has 0 amide bonds. The van der Waals surface area contributed by atoms with Crippen LogP contribution in [0.4, 0.5) is 0 Å². The molecule has 2 aromatic rings. The van der Waals surface area contributed by atoms with Crippen molar-refractivity contribution >= 4 is 17.4 Å². The fraction of sp³-hybridized carbons (Fsp3) is 0.167. The van der Waals surface area contributed by atoms with Crippen LogP contribution in [0.1, 0.15) is 21.5 Å². The van der Waals surface area contributed by atoms with E-state index in [0.29, 0.717) is 16.1 Å². The molecule has 0 N–H and O–H groups in total. The molecule has 0 radical (unpaired) electrons. The molecule has 3 nitrogen and oxygen atoms in total. The Morgan fingerprint density at radius 1 is 1.44 bits per heavy atom. The summed E-state index contributed by atoms with van der Waals surface area (Å²) in [4.78, 5) is 12.1. The molecule has 0 spiro atoms. The Bertz CT molecular complexity index is 546. The Morgan fingerprint density at radius 3 is 2.81 bits per heavy atom. The monoisotopic (exact) mass is 234 g/mol. The van der Waals surface area contributed by atoms with E-state index in [0.717, 1.165) is 5.56 Å². The van der Waals surface area contributed by atoms with Gasteiger partial charge in [-0.15, -0.1) is 0 Å². The molecule has 4 heteroatoms. The van der Waals surface area contributed by atoms with E-state index in [-0.39, 0.29) is 5.78 Å². The van der Waals surface area contributed by atoms with Gasteiger partial charge in [0.2, 0.25) is 0 Å². The van der Waals surface area contributed by atoms with Crippen molar-refractivity contribution in [1.29, 1.82) is 0 Å². The summed E-state index contributed by atoms with van der Waals surface area (Å²) in [5.41, 5.74) is 1.97. The Balaban J connectivity index is 2.45. The molecule has 1 aromatic heterocycles. The van der Waals surface area contributed by atoms with E-state index in [9.17, 15) is 4.79 Å². The van der Waals surface area contributed by atoms with Gasteiger partial charge in [0, 0.05) is 18.8 Å². The van der Waals surface area contributed by atoms with E-state index in [2.05, 4.69) is 5.10 Å². The molecule has 0 saturated carbocycles. The van der Waals surface area contributed by atoms with Gasteiger partial charge in [0.25, 0.3) is 0 Å². The lowest BCUT2D eigenvalue weighted by Gasteiger charge is -2.03. The second kappa shape index (κ2) is 4.10.